The summed E-state index contributed by atoms with van der Waals surface area (Å²) in [5, 5.41) is 10.6. The zero-order chi connectivity index (χ0) is 11.7. The van der Waals surface area contributed by atoms with Gasteiger partial charge in [-0.15, -0.1) is 0 Å². The highest BCUT2D eigenvalue weighted by Crippen LogP contribution is 2.33. The average molecular weight is 287 g/mol. The smallest absolute Gasteiger partial charge is 0.273 e. The Kier molecular flexibility index (Phi) is 3.11. The molecule has 5 nitrogen and oxygen atoms in total. The third kappa shape index (κ3) is 2.33. The number of benzene rings is 1. The van der Waals surface area contributed by atoms with Crippen molar-refractivity contribution in [3.05, 3.63) is 32.8 Å². The van der Waals surface area contributed by atoms with Crippen molar-refractivity contribution in [1.29, 1.82) is 0 Å². The molecule has 1 saturated carbocycles. The third-order valence-electron chi connectivity index (χ3n) is 2.55. The monoisotopic (exact) mass is 286 g/mol. The number of hydrogen-bond donors (Lipinski definition) is 1. The van der Waals surface area contributed by atoms with E-state index in [4.69, 9.17) is 10.5 Å². The zero-order valence-corrected chi connectivity index (χ0v) is 10.0. The van der Waals surface area contributed by atoms with Crippen LogP contribution in [-0.4, -0.2) is 17.1 Å². The van der Waals surface area contributed by atoms with Crippen LogP contribution in [0, 0.1) is 10.1 Å². The summed E-state index contributed by atoms with van der Waals surface area (Å²) in [4.78, 5) is 10.2. The molecule has 0 heterocycles. The van der Waals surface area contributed by atoms with Crippen LogP contribution in [0.2, 0.25) is 0 Å². The predicted molar refractivity (Wildman–Crippen MR) is 62.4 cm³/mol. The SMILES string of the molecule is NC1CC(Oc2cc([N+](=O)[O-])ccc2Br)C1. The molecule has 0 spiro atoms. The van der Waals surface area contributed by atoms with Crippen LogP contribution in [0.1, 0.15) is 12.8 Å². The first-order valence-electron chi connectivity index (χ1n) is 4.92. The molecule has 0 aliphatic heterocycles. The van der Waals surface area contributed by atoms with E-state index in [0.29, 0.717) is 5.75 Å². The highest BCUT2D eigenvalue weighted by atomic mass is 79.9. The van der Waals surface area contributed by atoms with E-state index in [-0.39, 0.29) is 17.8 Å². The van der Waals surface area contributed by atoms with Gasteiger partial charge in [-0.25, -0.2) is 0 Å². The first kappa shape index (κ1) is 11.3. The molecule has 0 saturated heterocycles. The molecule has 1 aromatic rings. The van der Waals surface area contributed by atoms with Gasteiger partial charge in [-0.05, 0) is 34.8 Å². The van der Waals surface area contributed by atoms with Crippen LogP contribution >= 0.6 is 15.9 Å². The summed E-state index contributed by atoms with van der Waals surface area (Å²) in [6.07, 6.45) is 1.68. The maximum absolute atomic E-state index is 10.6. The van der Waals surface area contributed by atoms with Gasteiger partial charge in [0.15, 0.2) is 0 Å². The normalized spacial score (nSPS) is 23.6. The summed E-state index contributed by atoms with van der Waals surface area (Å²) in [5.41, 5.74) is 5.67. The van der Waals surface area contributed by atoms with Gasteiger partial charge in [0.1, 0.15) is 11.9 Å². The Bertz CT molecular complexity index is 419. The molecule has 1 fully saturated rings. The second kappa shape index (κ2) is 4.39. The molecule has 1 aliphatic rings. The second-order valence-electron chi connectivity index (χ2n) is 3.84. The fourth-order valence-corrected chi connectivity index (χ4v) is 1.92. The number of nitro benzene ring substituents is 1. The highest BCUT2D eigenvalue weighted by Gasteiger charge is 2.28. The van der Waals surface area contributed by atoms with Crippen LogP contribution < -0.4 is 10.5 Å². The summed E-state index contributed by atoms with van der Waals surface area (Å²) in [6.45, 7) is 0. The van der Waals surface area contributed by atoms with Crippen molar-refractivity contribution in [3.8, 4) is 5.75 Å². The number of nitro groups is 1. The molecule has 86 valence electrons. The van der Waals surface area contributed by atoms with Crippen LogP contribution in [0.3, 0.4) is 0 Å². The summed E-state index contributed by atoms with van der Waals surface area (Å²) in [7, 11) is 0. The molecule has 0 unspecified atom stereocenters. The van der Waals surface area contributed by atoms with Crippen LogP contribution in [0.4, 0.5) is 5.69 Å². The van der Waals surface area contributed by atoms with Gasteiger partial charge >= 0.3 is 0 Å². The van der Waals surface area contributed by atoms with E-state index >= 15 is 0 Å². The maximum atomic E-state index is 10.6. The number of non-ortho nitro benzene ring substituents is 1. The van der Waals surface area contributed by atoms with E-state index in [2.05, 4.69) is 15.9 Å². The topological polar surface area (TPSA) is 78.4 Å². The Balaban J connectivity index is 2.12. The van der Waals surface area contributed by atoms with E-state index in [1.165, 1.54) is 12.1 Å². The molecule has 0 radical (unpaired) electrons. The minimum Gasteiger partial charge on any atom is -0.489 e. The first-order chi connectivity index (χ1) is 7.56. The zero-order valence-electron chi connectivity index (χ0n) is 8.43. The van der Waals surface area contributed by atoms with Crippen LogP contribution in [0.15, 0.2) is 22.7 Å². The number of ether oxygens (including phenoxy) is 1. The van der Waals surface area contributed by atoms with Gasteiger partial charge in [0, 0.05) is 12.1 Å². The van der Waals surface area contributed by atoms with E-state index in [0.717, 1.165) is 17.3 Å². The molecule has 0 amide bonds. The number of halogens is 1. The van der Waals surface area contributed by atoms with Gasteiger partial charge in [-0.3, -0.25) is 10.1 Å². The lowest BCUT2D eigenvalue weighted by Crippen LogP contribution is -2.43. The van der Waals surface area contributed by atoms with Gasteiger partial charge in [0.05, 0.1) is 15.5 Å². The fourth-order valence-electron chi connectivity index (χ4n) is 1.58. The molecule has 0 bridgehead atoms. The largest absolute Gasteiger partial charge is 0.489 e. The van der Waals surface area contributed by atoms with Crippen molar-refractivity contribution >= 4 is 21.6 Å². The summed E-state index contributed by atoms with van der Waals surface area (Å²) >= 11 is 3.30. The van der Waals surface area contributed by atoms with E-state index < -0.39 is 4.92 Å². The number of nitrogens with two attached hydrogens (primary N) is 1. The quantitative estimate of drug-likeness (QED) is 0.683. The van der Waals surface area contributed by atoms with Gasteiger partial charge in [0.2, 0.25) is 0 Å². The van der Waals surface area contributed by atoms with Gasteiger partial charge in [0.25, 0.3) is 5.69 Å². The average Bonchev–Trinajstić information content (AvgIpc) is 2.18. The molecular weight excluding hydrogens is 276 g/mol. The fraction of sp³-hybridized carbons (Fsp3) is 0.400. The Morgan fingerprint density at radius 1 is 1.50 bits per heavy atom. The number of rotatable bonds is 3. The molecule has 0 atom stereocenters. The molecular formula is C10H11BrN2O3. The van der Waals surface area contributed by atoms with Gasteiger partial charge < -0.3 is 10.5 Å². The number of hydrogen-bond acceptors (Lipinski definition) is 4. The van der Waals surface area contributed by atoms with E-state index in [1.807, 2.05) is 0 Å². The molecule has 2 rings (SSSR count). The molecule has 0 aromatic heterocycles. The Labute approximate surface area is 101 Å². The summed E-state index contributed by atoms with van der Waals surface area (Å²) in [5.74, 6) is 0.506. The lowest BCUT2D eigenvalue weighted by molar-refractivity contribution is -0.385. The van der Waals surface area contributed by atoms with Crippen molar-refractivity contribution in [1.82, 2.24) is 0 Å². The maximum Gasteiger partial charge on any atom is 0.273 e. The molecule has 2 N–H and O–H groups in total. The standard InChI is InChI=1S/C10H11BrN2O3/c11-9-2-1-7(13(14)15)5-10(9)16-8-3-6(12)4-8/h1-2,5-6,8H,3-4,12H2. The van der Waals surface area contributed by atoms with Gasteiger partial charge in [-0.1, -0.05) is 0 Å². The Morgan fingerprint density at radius 3 is 2.75 bits per heavy atom. The van der Waals surface area contributed by atoms with Crippen molar-refractivity contribution < 1.29 is 9.66 Å². The molecule has 16 heavy (non-hydrogen) atoms. The minimum atomic E-state index is -0.439. The van der Waals surface area contributed by atoms with Crippen LogP contribution in [0.5, 0.6) is 5.75 Å². The molecule has 1 aliphatic carbocycles. The van der Waals surface area contributed by atoms with Crippen LogP contribution in [0.25, 0.3) is 0 Å². The van der Waals surface area contributed by atoms with Crippen molar-refractivity contribution in [2.45, 2.75) is 25.0 Å². The lowest BCUT2D eigenvalue weighted by atomic mass is 9.90. The third-order valence-corrected chi connectivity index (χ3v) is 3.21. The lowest BCUT2D eigenvalue weighted by Gasteiger charge is -2.32. The minimum absolute atomic E-state index is 0.0295. The first-order valence-corrected chi connectivity index (χ1v) is 5.71. The van der Waals surface area contributed by atoms with Crippen molar-refractivity contribution in [2.75, 3.05) is 0 Å². The van der Waals surface area contributed by atoms with Gasteiger partial charge in [-0.2, -0.15) is 0 Å². The highest BCUT2D eigenvalue weighted by molar-refractivity contribution is 9.10. The second-order valence-corrected chi connectivity index (χ2v) is 4.70. The van der Waals surface area contributed by atoms with Crippen LogP contribution in [-0.2, 0) is 0 Å². The Morgan fingerprint density at radius 2 is 2.19 bits per heavy atom. The van der Waals surface area contributed by atoms with Crippen molar-refractivity contribution in [3.63, 3.8) is 0 Å². The predicted octanol–water partition coefficient (Wildman–Crippen LogP) is 2.23. The van der Waals surface area contributed by atoms with E-state index in [1.54, 1.807) is 6.07 Å². The Hall–Kier alpha value is -1.14. The van der Waals surface area contributed by atoms with E-state index in [9.17, 15) is 10.1 Å². The summed E-state index contributed by atoms with van der Waals surface area (Å²) < 4.78 is 6.33. The molecule has 6 heteroatoms. The summed E-state index contributed by atoms with van der Waals surface area (Å²) in [6, 6.07) is 4.67. The number of nitrogens with zero attached hydrogens (tertiary/aromatic N) is 1. The van der Waals surface area contributed by atoms with Crippen molar-refractivity contribution in [2.24, 2.45) is 5.73 Å². The molecule has 1 aromatic carbocycles.